The molecule has 1 aromatic carbocycles. The summed E-state index contributed by atoms with van der Waals surface area (Å²) in [7, 11) is 0. The molecule has 0 unspecified atom stereocenters. The van der Waals surface area contributed by atoms with Gasteiger partial charge in [0, 0.05) is 17.1 Å². The molecule has 100 valence electrons. The van der Waals surface area contributed by atoms with Crippen LogP contribution < -0.4 is 0 Å². The highest BCUT2D eigenvalue weighted by atomic mass is 35.5. The van der Waals surface area contributed by atoms with Gasteiger partial charge < -0.3 is 9.30 Å². The Morgan fingerprint density at radius 2 is 2.05 bits per heavy atom. The number of ether oxygens (including phenoxy) is 1. The van der Waals surface area contributed by atoms with Gasteiger partial charge in [-0.05, 0) is 29.8 Å². The van der Waals surface area contributed by atoms with Gasteiger partial charge in [0.2, 0.25) is 5.28 Å². The lowest BCUT2D eigenvalue weighted by Gasteiger charge is -2.30. The second-order valence-corrected chi connectivity index (χ2v) is 5.20. The molecular formula is C15H12ClN3O. The van der Waals surface area contributed by atoms with Gasteiger partial charge in [0.25, 0.3) is 0 Å². The summed E-state index contributed by atoms with van der Waals surface area (Å²) in [6, 6.07) is 12.7. The van der Waals surface area contributed by atoms with Crippen LogP contribution in [0.4, 0.5) is 0 Å². The quantitative estimate of drug-likeness (QED) is 0.678. The van der Waals surface area contributed by atoms with Gasteiger partial charge in [0.15, 0.2) is 0 Å². The van der Waals surface area contributed by atoms with Crippen molar-refractivity contribution >= 4 is 22.5 Å². The van der Waals surface area contributed by atoms with Crippen molar-refractivity contribution in [3.05, 3.63) is 47.9 Å². The summed E-state index contributed by atoms with van der Waals surface area (Å²) in [5.74, 6) is 0. The van der Waals surface area contributed by atoms with Crippen LogP contribution in [0.25, 0.3) is 22.3 Å². The maximum Gasteiger partial charge on any atom is 0.222 e. The second kappa shape index (κ2) is 4.58. The van der Waals surface area contributed by atoms with Crippen LogP contribution in [0.3, 0.4) is 0 Å². The Bertz CT molecular complexity index is 780. The van der Waals surface area contributed by atoms with E-state index in [1.807, 2.05) is 12.1 Å². The smallest absolute Gasteiger partial charge is 0.222 e. The van der Waals surface area contributed by atoms with Crippen molar-refractivity contribution in [2.45, 2.75) is 6.04 Å². The number of fused-ring (bicyclic) bond motifs is 1. The first-order valence-corrected chi connectivity index (χ1v) is 6.87. The first kappa shape index (κ1) is 11.9. The topological polar surface area (TPSA) is 39.9 Å². The van der Waals surface area contributed by atoms with Crippen molar-refractivity contribution in [3.8, 4) is 11.4 Å². The van der Waals surface area contributed by atoms with Crippen LogP contribution in [-0.2, 0) is 4.74 Å². The summed E-state index contributed by atoms with van der Waals surface area (Å²) in [6.07, 6.45) is 1.68. The molecule has 0 spiro atoms. The molecule has 0 N–H and O–H groups in total. The van der Waals surface area contributed by atoms with Crippen LogP contribution >= 0.6 is 11.6 Å². The SMILES string of the molecule is Clc1nccc(-c2cc3ccccc3n2C2COC2)n1. The van der Waals surface area contributed by atoms with Gasteiger partial charge in [-0.25, -0.2) is 9.97 Å². The molecule has 3 heterocycles. The normalized spacial score (nSPS) is 15.4. The molecule has 3 aromatic rings. The highest BCUT2D eigenvalue weighted by Crippen LogP contribution is 2.33. The number of para-hydroxylation sites is 1. The van der Waals surface area contributed by atoms with E-state index in [1.165, 1.54) is 10.9 Å². The zero-order valence-electron chi connectivity index (χ0n) is 10.7. The van der Waals surface area contributed by atoms with Crippen molar-refractivity contribution in [2.24, 2.45) is 0 Å². The van der Waals surface area contributed by atoms with E-state index < -0.39 is 0 Å². The van der Waals surface area contributed by atoms with Crippen LogP contribution in [0.15, 0.2) is 42.6 Å². The Balaban J connectivity index is 1.98. The molecule has 2 aromatic heterocycles. The molecule has 0 aliphatic carbocycles. The molecule has 1 aliphatic rings. The van der Waals surface area contributed by atoms with Crippen molar-refractivity contribution in [1.82, 2.24) is 14.5 Å². The average Bonchev–Trinajstić information content (AvgIpc) is 2.77. The van der Waals surface area contributed by atoms with Crippen molar-refractivity contribution in [2.75, 3.05) is 13.2 Å². The first-order chi connectivity index (χ1) is 9.83. The van der Waals surface area contributed by atoms with Crippen molar-refractivity contribution < 1.29 is 4.74 Å². The number of nitrogens with zero attached hydrogens (tertiary/aromatic N) is 3. The first-order valence-electron chi connectivity index (χ1n) is 6.49. The Kier molecular flexibility index (Phi) is 2.72. The molecule has 0 amide bonds. The van der Waals surface area contributed by atoms with Gasteiger partial charge in [-0.15, -0.1) is 0 Å². The lowest BCUT2D eigenvalue weighted by Crippen LogP contribution is -2.31. The number of aromatic nitrogens is 3. The van der Waals surface area contributed by atoms with Gasteiger partial charge in [0.1, 0.15) is 0 Å². The molecule has 0 saturated carbocycles. The van der Waals surface area contributed by atoms with E-state index in [0.717, 1.165) is 24.6 Å². The summed E-state index contributed by atoms with van der Waals surface area (Å²) >= 11 is 5.92. The molecule has 1 fully saturated rings. The van der Waals surface area contributed by atoms with E-state index >= 15 is 0 Å². The maximum atomic E-state index is 5.92. The summed E-state index contributed by atoms with van der Waals surface area (Å²) in [5.41, 5.74) is 3.10. The highest BCUT2D eigenvalue weighted by Gasteiger charge is 2.25. The highest BCUT2D eigenvalue weighted by molar-refractivity contribution is 6.28. The summed E-state index contributed by atoms with van der Waals surface area (Å²) in [6.45, 7) is 1.48. The molecule has 4 rings (SSSR count). The number of hydrogen-bond acceptors (Lipinski definition) is 3. The predicted molar refractivity (Wildman–Crippen MR) is 77.8 cm³/mol. The molecular weight excluding hydrogens is 274 g/mol. The third kappa shape index (κ3) is 1.80. The van der Waals surface area contributed by atoms with Crippen molar-refractivity contribution in [3.63, 3.8) is 0 Å². The van der Waals surface area contributed by atoms with E-state index in [1.54, 1.807) is 6.20 Å². The van der Waals surface area contributed by atoms with E-state index in [9.17, 15) is 0 Å². The fraction of sp³-hybridized carbons (Fsp3) is 0.200. The molecule has 5 heteroatoms. The third-order valence-electron chi connectivity index (χ3n) is 3.62. The molecule has 4 nitrogen and oxygen atoms in total. The fourth-order valence-electron chi connectivity index (χ4n) is 2.62. The monoisotopic (exact) mass is 285 g/mol. The zero-order chi connectivity index (χ0) is 13.5. The summed E-state index contributed by atoms with van der Waals surface area (Å²) in [4.78, 5) is 8.28. The molecule has 0 bridgehead atoms. The fourth-order valence-corrected chi connectivity index (χ4v) is 2.76. The summed E-state index contributed by atoms with van der Waals surface area (Å²) < 4.78 is 7.63. The third-order valence-corrected chi connectivity index (χ3v) is 3.80. The van der Waals surface area contributed by atoms with Crippen LogP contribution in [0.5, 0.6) is 0 Å². The van der Waals surface area contributed by atoms with Gasteiger partial charge in [-0.1, -0.05) is 18.2 Å². The Morgan fingerprint density at radius 3 is 2.80 bits per heavy atom. The summed E-state index contributed by atoms with van der Waals surface area (Å²) in [5, 5.41) is 1.47. The lowest BCUT2D eigenvalue weighted by atomic mass is 10.2. The van der Waals surface area contributed by atoms with Gasteiger partial charge in [0.05, 0.1) is 30.6 Å². The van der Waals surface area contributed by atoms with Crippen LogP contribution in [-0.4, -0.2) is 27.7 Å². The average molecular weight is 286 g/mol. The standard InChI is InChI=1S/C15H12ClN3O/c16-15-17-6-5-12(18-15)14-7-10-3-1-2-4-13(10)19(14)11-8-20-9-11/h1-7,11H,8-9H2. The van der Waals surface area contributed by atoms with Crippen LogP contribution in [0.2, 0.25) is 5.28 Å². The molecule has 1 saturated heterocycles. The molecule has 20 heavy (non-hydrogen) atoms. The minimum absolute atomic E-state index is 0.268. The Hall–Kier alpha value is -1.91. The minimum Gasteiger partial charge on any atom is -0.377 e. The minimum atomic E-state index is 0.268. The number of halogens is 1. The van der Waals surface area contributed by atoms with Gasteiger partial charge in [-0.2, -0.15) is 0 Å². The maximum absolute atomic E-state index is 5.92. The van der Waals surface area contributed by atoms with Crippen LogP contribution in [0.1, 0.15) is 6.04 Å². The largest absolute Gasteiger partial charge is 0.377 e. The van der Waals surface area contributed by atoms with E-state index in [2.05, 4.69) is 38.8 Å². The lowest BCUT2D eigenvalue weighted by molar-refractivity contribution is -0.0207. The van der Waals surface area contributed by atoms with E-state index in [4.69, 9.17) is 16.3 Å². The predicted octanol–water partition coefficient (Wildman–Crippen LogP) is 3.32. The molecule has 1 aliphatic heterocycles. The van der Waals surface area contributed by atoms with Gasteiger partial charge in [-0.3, -0.25) is 0 Å². The number of hydrogen-bond donors (Lipinski definition) is 0. The zero-order valence-corrected chi connectivity index (χ0v) is 11.4. The van der Waals surface area contributed by atoms with E-state index in [0.29, 0.717) is 6.04 Å². The van der Waals surface area contributed by atoms with Crippen LogP contribution in [0, 0.1) is 0 Å². The Morgan fingerprint density at radius 1 is 1.20 bits per heavy atom. The molecule has 0 atom stereocenters. The Labute approximate surface area is 121 Å². The number of rotatable bonds is 2. The number of benzene rings is 1. The second-order valence-electron chi connectivity index (χ2n) is 4.86. The van der Waals surface area contributed by atoms with E-state index in [-0.39, 0.29) is 5.28 Å². The van der Waals surface area contributed by atoms with Gasteiger partial charge >= 0.3 is 0 Å². The van der Waals surface area contributed by atoms with Crippen molar-refractivity contribution in [1.29, 1.82) is 0 Å². The molecule has 0 radical (unpaired) electrons.